The number of likely N-dealkylation sites (N-methyl/N-ethyl adjacent to an activating group) is 1. The molecule has 0 atom stereocenters. The molecule has 2 fully saturated rings. The van der Waals surface area contributed by atoms with Gasteiger partial charge >= 0.3 is 0 Å². The molecule has 0 radical (unpaired) electrons. The first-order valence-corrected chi connectivity index (χ1v) is 16.0. The van der Waals surface area contributed by atoms with Gasteiger partial charge in [-0.15, -0.1) is 0 Å². The topological polar surface area (TPSA) is 61.7 Å². The molecule has 0 bridgehead atoms. The van der Waals surface area contributed by atoms with Crippen molar-refractivity contribution in [2.75, 3.05) is 63.6 Å². The third-order valence-corrected chi connectivity index (χ3v) is 9.35. The molecular formula is C35H47N7O. The van der Waals surface area contributed by atoms with E-state index in [9.17, 15) is 0 Å². The monoisotopic (exact) mass is 581 g/mol. The van der Waals surface area contributed by atoms with Crippen LogP contribution in [0.15, 0.2) is 54.7 Å². The van der Waals surface area contributed by atoms with Gasteiger partial charge in [0.05, 0.1) is 12.6 Å². The van der Waals surface area contributed by atoms with Crippen LogP contribution in [-0.4, -0.2) is 83.8 Å². The van der Waals surface area contributed by atoms with Gasteiger partial charge in [-0.3, -0.25) is 4.90 Å². The van der Waals surface area contributed by atoms with Crippen molar-refractivity contribution >= 4 is 22.5 Å². The van der Waals surface area contributed by atoms with Crippen LogP contribution < -0.4 is 15.0 Å². The highest BCUT2D eigenvalue weighted by molar-refractivity contribution is 5.86. The molecule has 1 N–H and O–H groups in total. The smallest absolute Gasteiger partial charge is 0.154 e. The number of nitrogens with one attached hydrogen (secondary N) is 1. The molecule has 228 valence electrons. The largest absolute Gasteiger partial charge is 0.496 e. The summed E-state index contributed by atoms with van der Waals surface area (Å²) in [5.41, 5.74) is 7.03. The zero-order valence-electron chi connectivity index (χ0n) is 26.4. The number of methoxy groups -OCH3 is 1. The van der Waals surface area contributed by atoms with Crippen LogP contribution in [0.3, 0.4) is 0 Å². The number of aromatic nitrogens is 3. The average Bonchev–Trinajstić information content (AvgIpc) is 3.41. The van der Waals surface area contributed by atoms with Crippen molar-refractivity contribution in [3.8, 4) is 5.75 Å². The quantitative estimate of drug-likeness (QED) is 0.271. The predicted molar refractivity (Wildman–Crippen MR) is 176 cm³/mol. The van der Waals surface area contributed by atoms with Crippen LogP contribution in [0.5, 0.6) is 5.75 Å². The van der Waals surface area contributed by atoms with Gasteiger partial charge in [-0.2, -0.15) is 0 Å². The van der Waals surface area contributed by atoms with E-state index in [0.29, 0.717) is 12.5 Å². The van der Waals surface area contributed by atoms with Gasteiger partial charge in [0.25, 0.3) is 0 Å². The lowest BCUT2D eigenvalue weighted by atomic mass is 10.0. The van der Waals surface area contributed by atoms with Gasteiger partial charge in [0.2, 0.25) is 0 Å². The van der Waals surface area contributed by atoms with Crippen LogP contribution in [0.1, 0.15) is 48.7 Å². The standard InChI is InChI=1S/C35H47N7O/c1-5-8-26-9-6-7-10-28(26)25-36-35-34-31(15-16-40(34)3)37-33(38-35)23-27-11-12-30(24-32(27)43-4)41-17-13-29(14-18-41)42-21-19-39(2)20-22-42/h6-7,9-12,15-16,24,29H,5,8,13-14,17-23,25H2,1-4H3,(H,36,37,38). The second-order valence-electron chi connectivity index (χ2n) is 12.3. The van der Waals surface area contributed by atoms with E-state index in [1.165, 1.54) is 55.8 Å². The highest BCUT2D eigenvalue weighted by atomic mass is 16.5. The lowest BCUT2D eigenvalue weighted by Gasteiger charge is -2.42. The van der Waals surface area contributed by atoms with Crippen LogP contribution >= 0.6 is 0 Å². The molecule has 0 spiro atoms. The number of piperidine rings is 1. The summed E-state index contributed by atoms with van der Waals surface area (Å²) in [5.74, 6) is 2.57. The molecule has 4 aromatic rings. The van der Waals surface area contributed by atoms with Crippen LogP contribution in [0.25, 0.3) is 11.0 Å². The number of hydrogen-bond acceptors (Lipinski definition) is 7. The summed E-state index contributed by atoms with van der Waals surface area (Å²) in [6.45, 7) is 9.90. The van der Waals surface area contributed by atoms with Crippen molar-refractivity contribution in [2.24, 2.45) is 7.05 Å². The summed E-state index contributed by atoms with van der Waals surface area (Å²) in [6.07, 6.45) is 7.32. The van der Waals surface area contributed by atoms with Gasteiger partial charge < -0.3 is 24.4 Å². The third kappa shape index (κ3) is 6.65. The van der Waals surface area contributed by atoms with E-state index in [4.69, 9.17) is 14.7 Å². The number of benzene rings is 2. The van der Waals surface area contributed by atoms with Crippen molar-refractivity contribution in [1.82, 2.24) is 24.3 Å². The number of fused-ring (bicyclic) bond motifs is 1. The second kappa shape index (κ2) is 13.3. The van der Waals surface area contributed by atoms with E-state index in [1.54, 1.807) is 7.11 Å². The molecule has 2 saturated heterocycles. The van der Waals surface area contributed by atoms with Crippen LogP contribution in [0, 0.1) is 0 Å². The Bertz CT molecular complexity index is 1520. The fourth-order valence-corrected chi connectivity index (χ4v) is 6.79. The van der Waals surface area contributed by atoms with Gasteiger partial charge in [-0.1, -0.05) is 43.7 Å². The summed E-state index contributed by atoms with van der Waals surface area (Å²) in [4.78, 5) is 17.7. The molecule has 2 aromatic heterocycles. The lowest BCUT2D eigenvalue weighted by Crippen LogP contribution is -2.52. The van der Waals surface area contributed by atoms with Crippen LogP contribution in [0.2, 0.25) is 0 Å². The zero-order chi connectivity index (χ0) is 29.8. The Labute approximate surface area is 256 Å². The Morgan fingerprint density at radius 1 is 0.884 bits per heavy atom. The Morgan fingerprint density at radius 2 is 1.65 bits per heavy atom. The number of hydrogen-bond donors (Lipinski definition) is 1. The fourth-order valence-electron chi connectivity index (χ4n) is 6.79. The van der Waals surface area contributed by atoms with Crippen molar-refractivity contribution in [2.45, 2.75) is 51.6 Å². The van der Waals surface area contributed by atoms with Crippen molar-refractivity contribution < 1.29 is 4.74 Å². The van der Waals surface area contributed by atoms with Crippen molar-refractivity contribution in [1.29, 1.82) is 0 Å². The molecule has 6 rings (SSSR count). The molecule has 2 aromatic carbocycles. The van der Waals surface area contributed by atoms with Crippen LogP contribution in [0.4, 0.5) is 11.5 Å². The number of piperazine rings is 1. The third-order valence-electron chi connectivity index (χ3n) is 9.35. The summed E-state index contributed by atoms with van der Waals surface area (Å²) in [7, 11) is 6.05. The van der Waals surface area contributed by atoms with Gasteiger partial charge in [0.15, 0.2) is 5.82 Å². The number of rotatable bonds is 10. The molecule has 2 aliphatic rings. The van der Waals surface area contributed by atoms with E-state index < -0.39 is 0 Å². The number of nitrogens with zero attached hydrogens (tertiary/aromatic N) is 6. The summed E-state index contributed by atoms with van der Waals surface area (Å²) in [6, 6.07) is 18.1. The number of aryl methyl sites for hydroxylation is 2. The summed E-state index contributed by atoms with van der Waals surface area (Å²) < 4.78 is 8.02. The first-order chi connectivity index (χ1) is 21.0. The van der Waals surface area contributed by atoms with E-state index in [2.05, 4.69) is 100 Å². The predicted octanol–water partition coefficient (Wildman–Crippen LogP) is 5.35. The minimum absolute atomic E-state index is 0.612. The maximum Gasteiger partial charge on any atom is 0.154 e. The van der Waals surface area contributed by atoms with E-state index >= 15 is 0 Å². The lowest BCUT2D eigenvalue weighted by molar-refractivity contribution is 0.0982. The van der Waals surface area contributed by atoms with Gasteiger partial charge in [0, 0.05) is 88.8 Å². The summed E-state index contributed by atoms with van der Waals surface area (Å²) >= 11 is 0. The highest BCUT2D eigenvalue weighted by Gasteiger charge is 2.27. The molecule has 0 saturated carbocycles. The molecule has 8 heteroatoms. The SMILES string of the molecule is CCCc1ccccc1CNc1nc(Cc2ccc(N3CCC(N4CCN(C)CC4)CC3)cc2OC)nc2ccn(C)c12. The van der Waals surface area contributed by atoms with E-state index in [-0.39, 0.29) is 0 Å². The van der Waals surface area contributed by atoms with Crippen molar-refractivity contribution in [3.63, 3.8) is 0 Å². The van der Waals surface area contributed by atoms with Gasteiger partial charge in [0.1, 0.15) is 17.1 Å². The zero-order valence-corrected chi connectivity index (χ0v) is 26.4. The molecule has 43 heavy (non-hydrogen) atoms. The second-order valence-corrected chi connectivity index (χ2v) is 12.3. The molecule has 0 unspecified atom stereocenters. The van der Waals surface area contributed by atoms with E-state index in [1.807, 2.05) is 0 Å². The molecule has 8 nitrogen and oxygen atoms in total. The molecule has 0 aliphatic carbocycles. The Balaban J connectivity index is 1.17. The molecule has 0 amide bonds. The van der Waals surface area contributed by atoms with Gasteiger partial charge in [-0.05, 0) is 49.6 Å². The minimum Gasteiger partial charge on any atom is -0.496 e. The first-order valence-electron chi connectivity index (χ1n) is 16.0. The normalized spacial score (nSPS) is 17.1. The van der Waals surface area contributed by atoms with Gasteiger partial charge in [-0.25, -0.2) is 9.97 Å². The van der Waals surface area contributed by atoms with Crippen LogP contribution in [-0.2, 0) is 26.4 Å². The highest BCUT2D eigenvalue weighted by Crippen LogP contribution is 2.31. The average molecular weight is 582 g/mol. The molecule has 2 aliphatic heterocycles. The minimum atomic E-state index is 0.612. The number of ether oxygens (including phenoxy) is 1. The van der Waals surface area contributed by atoms with Crippen molar-refractivity contribution in [3.05, 3.63) is 77.2 Å². The molecular weight excluding hydrogens is 534 g/mol. The molecule has 4 heterocycles. The fraction of sp³-hybridized carbons (Fsp3) is 0.486. The maximum absolute atomic E-state index is 5.92. The Morgan fingerprint density at radius 3 is 2.40 bits per heavy atom. The maximum atomic E-state index is 5.92. The van der Waals surface area contributed by atoms with E-state index in [0.717, 1.165) is 66.5 Å². The number of anilines is 2. The Kier molecular flexibility index (Phi) is 9.14. The first kappa shape index (κ1) is 29.5. The summed E-state index contributed by atoms with van der Waals surface area (Å²) in [5, 5.41) is 3.65. The Hall–Kier alpha value is -3.62.